The number of nitrogens with one attached hydrogen (secondary N) is 2. The zero-order valence-electron chi connectivity index (χ0n) is 21.4. The van der Waals surface area contributed by atoms with Crippen LogP contribution in [0.1, 0.15) is 63.7 Å². The van der Waals surface area contributed by atoms with Crippen molar-refractivity contribution in [3.8, 4) is 0 Å². The lowest BCUT2D eigenvalue weighted by Gasteiger charge is -2.18. The molecule has 1 aliphatic rings. The van der Waals surface area contributed by atoms with Crippen LogP contribution in [0.2, 0.25) is 0 Å². The van der Waals surface area contributed by atoms with Gasteiger partial charge in [0.05, 0.1) is 18.0 Å². The molecule has 8 heteroatoms. The number of amides is 2. The number of hydrogen-bond donors (Lipinski definition) is 2. The van der Waals surface area contributed by atoms with Crippen molar-refractivity contribution in [1.82, 2.24) is 20.3 Å². The highest BCUT2D eigenvalue weighted by atomic mass is 16.4. The van der Waals surface area contributed by atoms with E-state index in [1.165, 1.54) is 0 Å². The molecule has 2 aromatic heterocycles. The number of nitrogens with zero attached hydrogens (tertiary/aromatic N) is 3. The molecule has 2 amide bonds. The third-order valence-corrected chi connectivity index (χ3v) is 6.80. The van der Waals surface area contributed by atoms with Crippen LogP contribution in [0.25, 0.3) is 0 Å². The Morgan fingerprint density at radius 2 is 1.76 bits per heavy atom. The number of benzene rings is 2. The molecule has 2 heterocycles. The first-order chi connectivity index (χ1) is 18.6. The summed E-state index contributed by atoms with van der Waals surface area (Å²) in [6.45, 7) is 3.18. The second-order valence-corrected chi connectivity index (χ2v) is 9.41. The maximum atomic E-state index is 13.4. The highest BCUT2D eigenvalue weighted by Gasteiger charge is 2.29. The summed E-state index contributed by atoms with van der Waals surface area (Å²) in [5.41, 5.74) is 6.92. The van der Waals surface area contributed by atoms with Crippen molar-refractivity contribution in [3.05, 3.63) is 113 Å². The number of imidazole rings is 1. The van der Waals surface area contributed by atoms with Crippen LogP contribution in [0.5, 0.6) is 0 Å². The molecular formula is C30H31N5O3. The van der Waals surface area contributed by atoms with Crippen molar-refractivity contribution < 1.29 is 14.0 Å². The van der Waals surface area contributed by atoms with Crippen LogP contribution in [0, 0.1) is 6.92 Å². The second kappa shape index (κ2) is 11.7. The third kappa shape index (κ3) is 5.59. The second-order valence-electron chi connectivity index (χ2n) is 9.41. The van der Waals surface area contributed by atoms with Crippen LogP contribution in [-0.2, 0) is 17.8 Å². The van der Waals surface area contributed by atoms with Gasteiger partial charge in [-0.15, -0.1) is 0 Å². The molecule has 0 aliphatic heterocycles. The summed E-state index contributed by atoms with van der Waals surface area (Å²) in [4.78, 5) is 30.3. The van der Waals surface area contributed by atoms with Crippen LogP contribution < -0.4 is 10.7 Å². The monoisotopic (exact) mass is 509 g/mol. The Balaban J connectivity index is 1.30. The van der Waals surface area contributed by atoms with E-state index in [0.717, 1.165) is 59.5 Å². The van der Waals surface area contributed by atoms with E-state index in [4.69, 9.17) is 4.42 Å². The lowest BCUT2D eigenvalue weighted by molar-refractivity contribution is -0.121. The third-order valence-electron chi connectivity index (χ3n) is 6.80. The summed E-state index contributed by atoms with van der Waals surface area (Å²) in [5, 5.41) is 7.50. The van der Waals surface area contributed by atoms with E-state index in [-0.39, 0.29) is 11.8 Å². The van der Waals surface area contributed by atoms with Crippen molar-refractivity contribution in [2.75, 3.05) is 6.54 Å². The van der Waals surface area contributed by atoms with Crippen LogP contribution in [0.4, 0.5) is 0 Å². The van der Waals surface area contributed by atoms with Gasteiger partial charge in [-0.05, 0) is 37.3 Å². The number of hydrazone groups is 1. The van der Waals surface area contributed by atoms with E-state index >= 15 is 0 Å². The first-order valence-corrected chi connectivity index (χ1v) is 12.9. The van der Waals surface area contributed by atoms with Gasteiger partial charge in [0.15, 0.2) is 5.76 Å². The highest BCUT2D eigenvalue weighted by Crippen LogP contribution is 2.30. The fourth-order valence-corrected chi connectivity index (χ4v) is 4.93. The van der Waals surface area contributed by atoms with Crippen LogP contribution in [0.15, 0.2) is 88.9 Å². The van der Waals surface area contributed by atoms with E-state index < -0.39 is 5.92 Å². The predicted molar refractivity (Wildman–Crippen MR) is 145 cm³/mol. The Bertz CT molecular complexity index is 1370. The predicted octanol–water partition coefficient (Wildman–Crippen LogP) is 4.59. The normalized spacial score (nSPS) is 13.9. The highest BCUT2D eigenvalue weighted by molar-refractivity contribution is 6.06. The molecule has 0 saturated heterocycles. The number of fused-ring (bicyclic) bond motifs is 1. The molecule has 4 aromatic rings. The average molecular weight is 510 g/mol. The lowest BCUT2D eigenvalue weighted by atomic mass is 9.90. The molecule has 0 spiro atoms. The Morgan fingerprint density at radius 1 is 1.05 bits per heavy atom. The van der Waals surface area contributed by atoms with Crippen LogP contribution in [-0.4, -0.2) is 33.6 Å². The van der Waals surface area contributed by atoms with Crippen LogP contribution >= 0.6 is 0 Å². The zero-order valence-corrected chi connectivity index (χ0v) is 21.4. The minimum absolute atomic E-state index is 0.209. The van der Waals surface area contributed by atoms with E-state index in [0.29, 0.717) is 18.7 Å². The standard InChI is InChI=1S/C30H31N5O3/c1-21-26-24(33-34-29(36)27(22-10-4-2-5-11-22)23-12-6-3-7-13-23)14-8-15-25(26)38-28(21)30(37)32-16-9-18-35-19-17-31-20-35/h2-7,10-13,17,19-20,27H,8-9,14-16,18H2,1H3,(H,32,37)(H,34,36)/b33-24+. The van der Waals surface area contributed by atoms with Gasteiger partial charge in [-0.3, -0.25) is 9.59 Å². The Kier molecular flexibility index (Phi) is 7.78. The SMILES string of the molecule is Cc1c(C(=O)NCCCn2ccnc2)oc2c1/C(=N/NC(=O)C(c1ccccc1)c1ccccc1)CCC2. The quantitative estimate of drug-likeness (QED) is 0.254. The summed E-state index contributed by atoms with van der Waals surface area (Å²) in [6, 6.07) is 19.4. The molecule has 5 rings (SSSR count). The fraction of sp³-hybridized carbons (Fsp3) is 0.267. The molecule has 0 unspecified atom stereocenters. The summed E-state index contributed by atoms with van der Waals surface area (Å²) >= 11 is 0. The fourth-order valence-electron chi connectivity index (χ4n) is 4.93. The number of aryl methyl sites for hydroxylation is 2. The number of carbonyl (C=O) groups is 2. The van der Waals surface area contributed by atoms with Gasteiger partial charge in [0.1, 0.15) is 5.76 Å². The largest absolute Gasteiger partial charge is 0.455 e. The topological polar surface area (TPSA) is 102 Å². The molecule has 2 aromatic carbocycles. The first-order valence-electron chi connectivity index (χ1n) is 12.9. The smallest absolute Gasteiger partial charge is 0.287 e. The van der Waals surface area contributed by atoms with Crippen molar-refractivity contribution in [1.29, 1.82) is 0 Å². The minimum atomic E-state index is -0.487. The molecule has 1 aliphatic carbocycles. The van der Waals surface area contributed by atoms with Gasteiger partial charge in [0.25, 0.3) is 11.8 Å². The van der Waals surface area contributed by atoms with Crippen molar-refractivity contribution in [2.45, 2.75) is 45.1 Å². The van der Waals surface area contributed by atoms with Crippen molar-refractivity contribution in [3.63, 3.8) is 0 Å². The average Bonchev–Trinajstić information content (AvgIpc) is 3.59. The number of furan rings is 1. The Hall–Kier alpha value is -4.46. The number of hydrogen-bond acceptors (Lipinski definition) is 5. The Morgan fingerprint density at radius 3 is 2.42 bits per heavy atom. The molecular weight excluding hydrogens is 478 g/mol. The van der Waals surface area contributed by atoms with Crippen molar-refractivity contribution >= 4 is 17.5 Å². The zero-order chi connectivity index (χ0) is 26.3. The molecule has 0 radical (unpaired) electrons. The summed E-state index contributed by atoms with van der Waals surface area (Å²) in [6.07, 6.45) is 8.43. The summed E-state index contributed by atoms with van der Waals surface area (Å²) in [5.74, 6) is 0.120. The molecule has 0 saturated carbocycles. The molecule has 0 bridgehead atoms. The lowest BCUT2D eigenvalue weighted by Crippen LogP contribution is -2.28. The first kappa shape index (κ1) is 25.2. The van der Waals surface area contributed by atoms with E-state index in [1.54, 1.807) is 12.5 Å². The Labute approximate surface area is 221 Å². The maximum Gasteiger partial charge on any atom is 0.287 e. The van der Waals surface area contributed by atoms with Gasteiger partial charge in [-0.2, -0.15) is 5.10 Å². The molecule has 2 N–H and O–H groups in total. The van der Waals surface area contributed by atoms with Gasteiger partial charge >= 0.3 is 0 Å². The number of rotatable bonds is 9. The molecule has 0 atom stereocenters. The van der Waals surface area contributed by atoms with Gasteiger partial charge < -0.3 is 14.3 Å². The molecule has 194 valence electrons. The van der Waals surface area contributed by atoms with E-state index in [2.05, 4.69) is 20.8 Å². The number of aromatic nitrogens is 2. The van der Waals surface area contributed by atoms with Gasteiger partial charge in [0.2, 0.25) is 0 Å². The van der Waals surface area contributed by atoms with E-state index in [9.17, 15) is 9.59 Å². The molecule has 8 nitrogen and oxygen atoms in total. The molecule has 38 heavy (non-hydrogen) atoms. The number of carbonyl (C=O) groups excluding carboxylic acids is 2. The van der Waals surface area contributed by atoms with Crippen molar-refractivity contribution in [2.24, 2.45) is 5.10 Å². The maximum absolute atomic E-state index is 13.4. The van der Waals surface area contributed by atoms with Gasteiger partial charge in [-0.25, -0.2) is 10.4 Å². The molecule has 0 fully saturated rings. The van der Waals surface area contributed by atoms with Crippen LogP contribution in [0.3, 0.4) is 0 Å². The minimum Gasteiger partial charge on any atom is -0.455 e. The van der Waals surface area contributed by atoms with Gasteiger partial charge in [-0.1, -0.05) is 60.7 Å². The van der Waals surface area contributed by atoms with Gasteiger partial charge in [0, 0.05) is 43.0 Å². The van der Waals surface area contributed by atoms with E-state index in [1.807, 2.05) is 78.4 Å². The summed E-state index contributed by atoms with van der Waals surface area (Å²) < 4.78 is 7.98. The summed E-state index contributed by atoms with van der Waals surface area (Å²) in [7, 11) is 0.